The van der Waals surface area contributed by atoms with Crippen LogP contribution in [0, 0.1) is 12.8 Å². The fourth-order valence-corrected chi connectivity index (χ4v) is 4.33. The van der Waals surface area contributed by atoms with E-state index in [1.54, 1.807) is 11.3 Å². The van der Waals surface area contributed by atoms with Gasteiger partial charge in [0.05, 0.1) is 20.9 Å². The summed E-state index contributed by atoms with van der Waals surface area (Å²) in [7, 11) is 1.93. The van der Waals surface area contributed by atoms with Crippen LogP contribution in [-0.4, -0.2) is 24.7 Å². The van der Waals surface area contributed by atoms with Crippen LogP contribution in [0.4, 0.5) is 5.82 Å². The highest BCUT2D eigenvalue weighted by molar-refractivity contribution is 7.15. The summed E-state index contributed by atoms with van der Waals surface area (Å²) >= 11 is 1.63. The Morgan fingerprint density at radius 2 is 2.00 bits per heavy atom. The number of fused-ring (bicyclic) bond motifs is 1. The minimum Gasteiger partial charge on any atom is -0.325 e. The molecule has 0 bridgehead atoms. The molecule has 0 atom stereocenters. The van der Waals surface area contributed by atoms with Crippen molar-refractivity contribution in [3.05, 3.63) is 65.5 Å². The summed E-state index contributed by atoms with van der Waals surface area (Å²) in [5.41, 5.74) is 11.9. The second kappa shape index (κ2) is 8.08. The summed E-state index contributed by atoms with van der Waals surface area (Å²) < 4.78 is 1.82. The van der Waals surface area contributed by atoms with Crippen LogP contribution < -0.4 is 16.2 Å². The molecule has 1 aliphatic rings. The number of pyridine rings is 2. The Hall–Kier alpha value is -3.72. The van der Waals surface area contributed by atoms with E-state index in [0.29, 0.717) is 5.92 Å². The topological polar surface area (TPSA) is 92.6 Å². The number of thiazole rings is 1. The van der Waals surface area contributed by atoms with Crippen LogP contribution in [0.3, 0.4) is 0 Å². The van der Waals surface area contributed by atoms with E-state index in [2.05, 4.69) is 57.2 Å². The maximum atomic E-state index is 4.80. The lowest BCUT2D eigenvalue weighted by Crippen LogP contribution is -2.33. The molecular weight excluding hydrogens is 420 g/mol. The molecule has 0 fully saturated rings. The molecule has 5 heterocycles. The van der Waals surface area contributed by atoms with Crippen LogP contribution >= 0.6 is 11.3 Å². The van der Waals surface area contributed by atoms with Crippen LogP contribution in [0.1, 0.15) is 18.9 Å². The smallest absolute Gasteiger partial charge is 0.132 e. The Bertz CT molecular complexity index is 1360. The fraction of sp³-hybridized carbons (Fsp3) is 0.217. The van der Waals surface area contributed by atoms with Crippen molar-refractivity contribution in [3.63, 3.8) is 0 Å². The number of aryl methyl sites for hydroxylation is 2. The van der Waals surface area contributed by atoms with Gasteiger partial charge in [0, 0.05) is 43.0 Å². The molecule has 9 heteroatoms. The lowest BCUT2D eigenvalue weighted by molar-refractivity contribution is 0.677. The average molecular weight is 445 g/mol. The van der Waals surface area contributed by atoms with Crippen LogP contribution in [-0.2, 0) is 7.05 Å². The molecule has 3 N–H and O–H groups in total. The quantitative estimate of drug-likeness (QED) is 0.421. The first-order valence-electron chi connectivity index (χ1n) is 10.4. The summed E-state index contributed by atoms with van der Waals surface area (Å²) in [6.07, 6.45) is 9.81. The van der Waals surface area contributed by atoms with Crippen molar-refractivity contribution in [1.82, 2.24) is 35.6 Å². The van der Waals surface area contributed by atoms with Crippen molar-refractivity contribution in [1.29, 1.82) is 0 Å². The molecule has 0 saturated carbocycles. The van der Waals surface area contributed by atoms with Gasteiger partial charge in [0.15, 0.2) is 0 Å². The van der Waals surface area contributed by atoms with E-state index in [0.717, 1.165) is 49.4 Å². The number of allylic oxidation sites excluding steroid dienone is 2. The molecule has 0 aromatic carbocycles. The first-order valence-corrected chi connectivity index (χ1v) is 11.2. The van der Waals surface area contributed by atoms with Crippen molar-refractivity contribution in [2.24, 2.45) is 13.0 Å². The van der Waals surface area contributed by atoms with Gasteiger partial charge in [-0.2, -0.15) is 5.10 Å². The predicted molar refractivity (Wildman–Crippen MR) is 128 cm³/mol. The monoisotopic (exact) mass is 444 g/mol. The van der Waals surface area contributed by atoms with E-state index in [1.165, 1.54) is 5.57 Å². The molecule has 0 amide bonds. The minimum absolute atomic E-state index is 0.425. The van der Waals surface area contributed by atoms with Crippen LogP contribution in [0.25, 0.3) is 32.7 Å². The largest absolute Gasteiger partial charge is 0.325 e. The zero-order valence-electron chi connectivity index (χ0n) is 18.3. The molecule has 162 valence electrons. The Morgan fingerprint density at radius 3 is 2.78 bits per heavy atom. The molecule has 4 aromatic heterocycles. The first kappa shape index (κ1) is 20.2. The average Bonchev–Trinajstić information content (AvgIpc) is 3.38. The van der Waals surface area contributed by atoms with Gasteiger partial charge >= 0.3 is 0 Å². The van der Waals surface area contributed by atoms with Gasteiger partial charge in [-0.15, -0.1) is 11.3 Å². The van der Waals surface area contributed by atoms with E-state index >= 15 is 0 Å². The third kappa shape index (κ3) is 3.94. The number of hydrogen-bond donors (Lipinski definition) is 3. The number of rotatable bonds is 5. The Balaban J connectivity index is 1.49. The van der Waals surface area contributed by atoms with E-state index in [-0.39, 0.29) is 0 Å². The van der Waals surface area contributed by atoms with E-state index in [1.807, 2.05) is 55.6 Å². The van der Waals surface area contributed by atoms with Crippen molar-refractivity contribution in [2.45, 2.75) is 20.8 Å². The summed E-state index contributed by atoms with van der Waals surface area (Å²) in [4.78, 5) is 14.9. The highest BCUT2D eigenvalue weighted by Gasteiger charge is 2.16. The molecule has 0 unspecified atom stereocenters. The van der Waals surface area contributed by atoms with Gasteiger partial charge in [-0.05, 0) is 42.7 Å². The van der Waals surface area contributed by atoms with E-state index in [9.17, 15) is 0 Å². The number of aromatic nitrogens is 5. The number of nitrogens with one attached hydrogen (secondary N) is 3. The molecule has 0 saturated heterocycles. The van der Waals surface area contributed by atoms with Crippen molar-refractivity contribution in [2.75, 3.05) is 5.32 Å². The van der Waals surface area contributed by atoms with Gasteiger partial charge in [0.2, 0.25) is 0 Å². The van der Waals surface area contributed by atoms with Gasteiger partial charge in [-0.3, -0.25) is 15.1 Å². The van der Waals surface area contributed by atoms with Crippen LogP contribution in [0.5, 0.6) is 0 Å². The van der Waals surface area contributed by atoms with Gasteiger partial charge in [-0.1, -0.05) is 13.8 Å². The summed E-state index contributed by atoms with van der Waals surface area (Å²) in [5.74, 6) is 2.02. The van der Waals surface area contributed by atoms with Crippen molar-refractivity contribution in [3.8, 4) is 21.7 Å². The summed E-state index contributed by atoms with van der Waals surface area (Å²) in [6.45, 7) is 6.32. The van der Waals surface area contributed by atoms with Crippen molar-refractivity contribution >= 4 is 28.2 Å². The molecule has 0 aliphatic carbocycles. The van der Waals surface area contributed by atoms with E-state index < -0.39 is 0 Å². The molecule has 8 nitrogen and oxygen atoms in total. The van der Waals surface area contributed by atoms with Crippen LogP contribution in [0.15, 0.2) is 60.5 Å². The van der Waals surface area contributed by atoms with Gasteiger partial charge in [-0.25, -0.2) is 9.97 Å². The second-order valence-corrected chi connectivity index (χ2v) is 9.25. The summed E-state index contributed by atoms with van der Waals surface area (Å²) in [5, 5.41) is 9.03. The van der Waals surface area contributed by atoms with Crippen LogP contribution in [0.2, 0.25) is 0 Å². The maximum absolute atomic E-state index is 4.80. The first-order chi connectivity index (χ1) is 15.5. The lowest BCUT2D eigenvalue weighted by atomic mass is 10.0. The zero-order valence-corrected chi connectivity index (χ0v) is 19.2. The van der Waals surface area contributed by atoms with Gasteiger partial charge in [0.1, 0.15) is 17.3 Å². The molecular formula is C23H24N8S. The standard InChI is InChI=1S/C23H24N8S/c1-13(2)15-8-22(29-26-10-15)28-21-6-5-18-19(27-21)7-16(9-25-18)17-12-31(4)30-23(17)20-11-24-14(3)32-20/h5-13,26,29H,1-4H3,(H,27,28). The SMILES string of the molecule is Cc1ncc(-c2nn(C)cc2-c2cnc3ccc(NC4=CC(C(C)C)=CNN4)nc3c2)s1. The normalized spacial score (nSPS) is 13.5. The molecule has 0 radical (unpaired) electrons. The third-order valence-electron chi connectivity index (χ3n) is 5.22. The number of anilines is 1. The molecule has 32 heavy (non-hydrogen) atoms. The van der Waals surface area contributed by atoms with Gasteiger partial charge in [0.25, 0.3) is 0 Å². The molecule has 1 aliphatic heterocycles. The number of hydrazine groups is 1. The second-order valence-electron chi connectivity index (χ2n) is 8.02. The van der Waals surface area contributed by atoms with Crippen molar-refractivity contribution < 1.29 is 0 Å². The van der Waals surface area contributed by atoms with Gasteiger partial charge < -0.3 is 10.7 Å². The maximum Gasteiger partial charge on any atom is 0.132 e. The fourth-order valence-electron chi connectivity index (χ4n) is 3.56. The lowest BCUT2D eigenvalue weighted by Gasteiger charge is -2.20. The Labute approximate surface area is 190 Å². The molecule has 0 spiro atoms. The Kier molecular flexibility index (Phi) is 5.10. The highest BCUT2D eigenvalue weighted by atomic mass is 32.1. The summed E-state index contributed by atoms with van der Waals surface area (Å²) in [6, 6.07) is 5.96. The minimum atomic E-state index is 0.425. The highest BCUT2D eigenvalue weighted by Crippen LogP contribution is 2.34. The Morgan fingerprint density at radius 1 is 1.12 bits per heavy atom. The molecule has 4 aromatic rings. The zero-order chi connectivity index (χ0) is 22.2. The number of hydrogen-bond acceptors (Lipinski definition) is 8. The predicted octanol–water partition coefficient (Wildman–Crippen LogP) is 4.36. The molecule has 5 rings (SSSR count). The third-order valence-corrected chi connectivity index (χ3v) is 6.14. The van der Waals surface area contributed by atoms with E-state index in [4.69, 9.17) is 4.98 Å². The number of nitrogens with zero attached hydrogens (tertiary/aromatic N) is 5.